The van der Waals surface area contributed by atoms with E-state index in [2.05, 4.69) is 34.1 Å². The first-order valence-electron chi connectivity index (χ1n) is 9.25. The van der Waals surface area contributed by atoms with Crippen LogP contribution in [0.25, 0.3) is 0 Å². The smallest absolute Gasteiger partial charge is 0.328 e. The van der Waals surface area contributed by atoms with Gasteiger partial charge in [-0.3, -0.25) is 24.2 Å². The van der Waals surface area contributed by atoms with E-state index in [0.29, 0.717) is 12.5 Å². The van der Waals surface area contributed by atoms with Crippen LogP contribution in [0.3, 0.4) is 0 Å². The number of aromatic amines is 1. The molecule has 0 unspecified atom stereocenters. The highest BCUT2D eigenvalue weighted by Crippen LogP contribution is 2.15. The van der Waals surface area contributed by atoms with E-state index < -0.39 is 11.2 Å². The minimum atomic E-state index is -0.511. The summed E-state index contributed by atoms with van der Waals surface area (Å²) < 4.78 is 3.32. The molecule has 0 saturated carbocycles. The Hall–Kier alpha value is -2.68. The molecule has 9 nitrogen and oxygen atoms in total. The highest BCUT2D eigenvalue weighted by molar-refractivity contribution is 5.75. The number of hydrogen-bond donors (Lipinski definition) is 2. The summed E-state index contributed by atoms with van der Waals surface area (Å²) in [5, 5.41) is 7.40. The van der Waals surface area contributed by atoms with Crippen LogP contribution in [0, 0.1) is 5.92 Å². The highest BCUT2D eigenvalue weighted by Gasteiger charge is 2.19. The standard InChI is InChI=1S/C18H26N6O3/c1-13(2)11-22-7-8-24-15(12-22)9-14(21-24)10-19-16(25)3-5-23-6-4-17(26)20-18(23)27/h4,6,9,13H,3,5,7-8,10-12H2,1-2H3,(H,19,25)(H,20,26,27). The third kappa shape index (κ3) is 5.16. The van der Waals surface area contributed by atoms with Crippen LogP contribution in [0.5, 0.6) is 0 Å². The molecule has 1 aliphatic rings. The number of nitrogens with one attached hydrogen (secondary N) is 2. The van der Waals surface area contributed by atoms with E-state index in [9.17, 15) is 14.4 Å². The second-order valence-electron chi connectivity index (χ2n) is 7.31. The molecule has 0 spiro atoms. The number of H-pyrrole nitrogens is 1. The van der Waals surface area contributed by atoms with Crippen molar-refractivity contribution in [1.29, 1.82) is 0 Å². The Morgan fingerprint density at radius 3 is 2.89 bits per heavy atom. The number of amides is 1. The molecule has 2 aromatic heterocycles. The minimum absolute atomic E-state index is 0.154. The van der Waals surface area contributed by atoms with Crippen molar-refractivity contribution in [2.45, 2.75) is 46.4 Å². The molecule has 1 amide bonds. The molecule has 3 rings (SSSR count). The van der Waals surface area contributed by atoms with Gasteiger partial charge in [-0.25, -0.2) is 4.79 Å². The first-order valence-corrected chi connectivity index (χ1v) is 9.25. The Labute approximate surface area is 157 Å². The largest absolute Gasteiger partial charge is 0.350 e. The zero-order valence-corrected chi connectivity index (χ0v) is 15.8. The molecule has 3 heterocycles. The first kappa shape index (κ1) is 19.1. The lowest BCUT2D eigenvalue weighted by Crippen LogP contribution is -2.36. The van der Waals surface area contributed by atoms with E-state index in [0.717, 1.165) is 31.9 Å². The van der Waals surface area contributed by atoms with Gasteiger partial charge in [-0.1, -0.05) is 13.8 Å². The third-order valence-electron chi connectivity index (χ3n) is 4.49. The number of nitrogens with zero attached hydrogens (tertiary/aromatic N) is 4. The molecule has 0 radical (unpaired) electrons. The van der Waals surface area contributed by atoms with Gasteiger partial charge < -0.3 is 9.88 Å². The molecule has 0 aliphatic carbocycles. The number of rotatable bonds is 7. The SMILES string of the molecule is CC(C)CN1CCn2nc(CNC(=O)CCn3ccc(=O)[nH]c3=O)cc2C1. The number of aryl methyl sites for hydroxylation is 1. The third-order valence-corrected chi connectivity index (χ3v) is 4.49. The lowest BCUT2D eigenvalue weighted by atomic mass is 10.2. The van der Waals surface area contributed by atoms with Crippen molar-refractivity contribution >= 4 is 5.91 Å². The van der Waals surface area contributed by atoms with E-state index in [1.807, 2.05) is 10.7 Å². The fourth-order valence-electron chi connectivity index (χ4n) is 3.26. The summed E-state index contributed by atoms with van der Waals surface area (Å²) in [6, 6.07) is 3.30. The molecule has 0 fully saturated rings. The summed E-state index contributed by atoms with van der Waals surface area (Å²) in [7, 11) is 0. The summed E-state index contributed by atoms with van der Waals surface area (Å²) >= 11 is 0. The molecule has 9 heteroatoms. The molecule has 1 aliphatic heterocycles. The van der Waals surface area contributed by atoms with Crippen LogP contribution in [0.4, 0.5) is 0 Å². The van der Waals surface area contributed by atoms with Crippen molar-refractivity contribution in [2.75, 3.05) is 13.1 Å². The van der Waals surface area contributed by atoms with Gasteiger partial charge in [-0.05, 0) is 12.0 Å². The Morgan fingerprint density at radius 1 is 1.33 bits per heavy atom. The van der Waals surface area contributed by atoms with Gasteiger partial charge in [0.15, 0.2) is 0 Å². The maximum Gasteiger partial charge on any atom is 0.328 e. The summed E-state index contributed by atoms with van der Waals surface area (Å²) in [6.07, 6.45) is 1.54. The van der Waals surface area contributed by atoms with Crippen LogP contribution in [-0.2, 0) is 31.0 Å². The second kappa shape index (κ2) is 8.34. The van der Waals surface area contributed by atoms with Gasteiger partial charge in [0.05, 0.1) is 24.5 Å². The van der Waals surface area contributed by atoms with Gasteiger partial charge in [0.2, 0.25) is 5.91 Å². The molecule has 0 bridgehead atoms. The van der Waals surface area contributed by atoms with E-state index in [4.69, 9.17) is 0 Å². The van der Waals surface area contributed by atoms with Crippen molar-refractivity contribution in [3.63, 3.8) is 0 Å². The molecule has 0 saturated heterocycles. The predicted octanol–water partition coefficient (Wildman–Crippen LogP) is -0.0888. The lowest BCUT2D eigenvalue weighted by molar-refractivity contribution is -0.121. The molecule has 2 N–H and O–H groups in total. The maximum absolute atomic E-state index is 12.0. The van der Waals surface area contributed by atoms with Crippen molar-refractivity contribution in [2.24, 2.45) is 5.92 Å². The van der Waals surface area contributed by atoms with Crippen LogP contribution < -0.4 is 16.6 Å². The zero-order chi connectivity index (χ0) is 19.4. The minimum Gasteiger partial charge on any atom is -0.350 e. The van der Waals surface area contributed by atoms with Crippen LogP contribution >= 0.6 is 0 Å². The Morgan fingerprint density at radius 2 is 2.15 bits per heavy atom. The average Bonchev–Trinajstić information content (AvgIpc) is 3.01. The number of hydrogen-bond acceptors (Lipinski definition) is 5. The van der Waals surface area contributed by atoms with Crippen LogP contribution in [0.1, 0.15) is 31.7 Å². The predicted molar refractivity (Wildman–Crippen MR) is 100 cm³/mol. The number of carbonyl (C=O) groups is 1. The highest BCUT2D eigenvalue weighted by atomic mass is 16.2. The van der Waals surface area contributed by atoms with Gasteiger partial charge in [0.1, 0.15) is 0 Å². The monoisotopic (exact) mass is 374 g/mol. The first-order chi connectivity index (χ1) is 12.9. The summed E-state index contributed by atoms with van der Waals surface area (Å²) in [4.78, 5) is 39.3. The van der Waals surface area contributed by atoms with E-state index in [1.165, 1.54) is 22.5 Å². The van der Waals surface area contributed by atoms with Crippen LogP contribution in [-0.4, -0.2) is 43.2 Å². The maximum atomic E-state index is 12.0. The zero-order valence-electron chi connectivity index (χ0n) is 15.8. The van der Waals surface area contributed by atoms with Gasteiger partial charge >= 0.3 is 5.69 Å². The summed E-state index contributed by atoms with van der Waals surface area (Å²) in [6.45, 7) is 8.82. The van der Waals surface area contributed by atoms with E-state index >= 15 is 0 Å². The Kier molecular flexibility index (Phi) is 5.90. The van der Waals surface area contributed by atoms with Gasteiger partial charge in [0, 0.05) is 44.9 Å². The van der Waals surface area contributed by atoms with E-state index in [1.54, 1.807) is 0 Å². The van der Waals surface area contributed by atoms with Crippen molar-refractivity contribution in [3.8, 4) is 0 Å². The molecule has 27 heavy (non-hydrogen) atoms. The Bertz CT molecular complexity index is 910. The molecule has 0 aromatic carbocycles. The fraction of sp³-hybridized carbons (Fsp3) is 0.556. The lowest BCUT2D eigenvalue weighted by Gasteiger charge is -2.28. The summed E-state index contributed by atoms with van der Waals surface area (Å²) in [5.41, 5.74) is 1.05. The number of carbonyl (C=O) groups excluding carboxylic acids is 1. The van der Waals surface area contributed by atoms with E-state index in [-0.39, 0.29) is 18.9 Å². The average molecular weight is 374 g/mol. The number of aromatic nitrogens is 4. The molecule has 0 atom stereocenters. The van der Waals surface area contributed by atoms with Gasteiger partial charge in [0.25, 0.3) is 5.56 Å². The van der Waals surface area contributed by atoms with Crippen molar-refractivity contribution < 1.29 is 4.79 Å². The summed E-state index contributed by atoms with van der Waals surface area (Å²) in [5.74, 6) is 0.466. The Balaban J connectivity index is 1.49. The van der Waals surface area contributed by atoms with Crippen LogP contribution in [0.15, 0.2) is 27.9 Å². The van der Waals surface area contributed by atoms with Gasteiger partial charge in [-0.15, -0.1) is 0 Å². The molecular formula is C18H26N6O3. The number of fused-ring (bicyclic) bond motifs is 1. The van der Waals surface area contributed by atoms with Gasteiger partial charge in [-0.2, -0.15) is 5.10 Å². The fourth-order valence-corrected chi connectivity index (χ4v) is 3.26. The van der Waals surface area contributed by atoms with Crippen molar-refractivity contribution in [3.05, 3.63) is 50.6 Å². The topological polar surface area (TPSA) is 105 Å². The quantitative estimate of drug-likeness (QED) is 0.705. The molecule has 146 valence electrons. The normalized spacial score (nSPS) is 14.3. The molecule has 2 aromatic rings. The van der Waals surface area contributed by atoms with Crippen molar-refractivity contribution in [1.82, 2.24) is 29.5 Å². The molecular weight excluding hydrogens is 348 g/mol. The van der Waals surface area contributed by atoms with Crippen LogP contribution in [0.2, 0.25) is 0 Å². The second-order valence-corrected chi connectivity index (χ2v) is 7.31.